The molecule has 0 radical (unpaired) electrons. The first-order chi connectivity index (χ1) is 16.6. The number of aryl methyl sites for hydroxylation is 1. The van der Waals surface area contributed by atoms with Crippen LogP contribution in [-0.4, -0.2) is 41.3 Å². The summed E-state index contributed by atoms with van der Waals surface area (Å²) in [6.45, 7) is 2.77. The van der Waals surface area contributed by atoms with Gasteiger partial charge in [-0.1, -0.05) is 61.9 Å². The summed E-state index contributed by atoms with van der Waals surface area (Å²) >= 11 is 0. The lowest BCUT2D eigenvalue weighted by Gasteiger charge is -2.11. The summed E-state index contributed by atoms with van der Waals surface area (Å²) in [4.78, 5) is 16.3. The molecule has 170 valence electrons. The summed E-state index contributed by atoms with van der Waals surface area (Å²) in [5.41, 5.74) is 6.08. The molecule has 0 spiro atoms. The summed E-state index contributed by atoms with van der Waals surface area (Å²) in [7, 11) is 0. The first-order valence-electron chi connectivity index (χ1n) is 11.3. The van der Waals surface area contributed by atoms with Crippen LogP contribution in [0.2, 0.25) is 0 Å². The Morgan fingerprint density at radius 2 is 1.82 bits per heavy atom. The van der Waals surface area contributed by atoms with Crippen LogP contribution in [0.3, 0.4) is 0 Å². The number of nitrogens with one attached hydrogen (secondary N) is 1. The fourth-order valence-electron chi connectivity index (χ4n) is 4.19. The zero-order valence-electron chi connectivity index (χ0n) is 18.8. The zero-order valence-corrected chi connectivity index (χ0v) is 18.8. The van der Waals surface area contributed by atoms with E-state index < -0.39 is 5.97 Å². The number of fused-ring (bicyclic) bond motifs is 1. The molecule has 2 N–H and O–H groups in total. The van der Waals surface area contributed by atoms with Gasteiger partial charge in [0.15, 0.2) is 5.82 Å². The highest BCUT2D eigenvalue weighted by Crippen LogP contribution is 2.30. The molecule has 0 saturated heterocycles. The lowest BCUT2D eigenvalue weighted by molar-refractivity contribution is 0.0697. The number of carbonyl (C=O) groups is 1. The van der Waals surface area contributed by atoms with E-state index in [-0.39, 0.29) is 5.56 Å². The molecule has 0 saturated carbocycles. The minimum atomic E-state index is -0.935. The molecule has 2 heterocycles. The number of benzene rings is 3. The SMILES string of the molecule is CCCCc1nc2ccc(C(=O)O)cc2n1Cc1ccc(-c2ccccc2-c2nnn[nH]2)cc1. The maximum Gasteiger partial charge on any atom is 0.335 e. The predicted octanol–water partition coefficient (Wildman–Crippen LogP) is 4.97. The molecular weight excluding hydrogens is 428 g/mol. The first kappa shape index (κ1) is 21.5. The molecule has 0 fully saturated rings. The van der Waals surface area contributed by atoms with Crippen molar-refractivity contribution in [2.75, 3.05) is 0 Å². The van der Waals surface area contributed by atoms with Gasteiger partial charge in [0.1, 0.15) is 5.82 Å². The van der Waals surface area contributed by atoms with E-state index in [2.05, 4.69) is 56.4 Å². The Hall–Kier alpha value is -4.33. The lowest BCUT2D eigenvalue weighted by Crippen LogP contribution is -2.06. The quantitative estimate of drug-likeness (QED) is 0.344. The Morgan fingerprint density at radius 1 is 1.03 bits per heavy atom. The largest absolute Gasteiger partial charge is 0.478 e. The molecule has 5 aromatic rings. The van der Waals surface area contributed by atoms with E-state index in [9.17, 15) is 9.90 Å². The summed E-state index contributed by atoms with van der Waals surface area (Å²) in [6, 6.07) is 21.5. The van der Waals surface area contributed by atoms with Crippen molar-refractivity contribution in [2.24, 2.45) is 0 Å². The molecule has 0 aliphatic heterocycles. The molecule has 5 rings (SSSR count). The number of tetrazole rings is 1. The first-order valence-corrected chi connectivity index (χ1v) is 11.3. The molecule has 34 heavy (non-hydrogen) atoms. The van der Waals surface area contributed by atoms with Crippen LogP contribution in [0.5, 0.6) is 0 Å². The monoisotopic (exact) mass is 452 g/mol. The fourth-order valence-corrected chi connectivity index (χ4v) is 4.19. The average molecular weight is 453 g/mol. The second-order valence-corrected chi connectivity index (χ2v) is 8.22. The standard InChI is InChI=1S/C26H24N6O2/c1-2-3-8-24-27-22-14-13-19(26(33)34)15-23(22)32(24)16-17-9-11-18(12-10-17)20-6-4-5-7-21(20)25-28-30-31-29-25/h4-7,9-15H,2-3,8,16H2,1H3,(H,33,34)(H,28,29,30,31). The van der Waals surface area contributed by atoms with Crippen molar-refractivity contribution in [1.29, 1.82) is 0 Å². The van der Waals surface area contributed by atoms with Gasteiger partial charge in [-0.25, -0.2) is 14.9 Å². The van der Waals surface area contributed by atoms with Crippen molar-refractivity contribution >= 4 is 17.0 Å². The minimum Gasteiger partial charge on any atom is -0.478 e. The van der Waals surface area contributed by atoms with Crippen LogP contribution >= 0.6 is 0 Å². The van der Waals surface area contributed by atoms with Crippen molar-refractivity contribution in [3.05, 3.63) is 83.7 Å². The van der Waals surface area contributed by atoms with Crippen molar-refractivity contribution < 1.29 is 9.90 Å². The van der Waals surface area contributed by atoms with Gasteiger partial charge < -0.3 is 9.67 Å². The molecule has 8 nitrogen and oxygen atoms in total. The van der Waals surface area contributed by atoms with Crippen LogP contribution in [0.4, 0.5) is 0 Å². The van der Waals surface area contributed by atoms with Crippen LogP contribution in [0.25, 0.3) is 33.5 Å². The molecule has 0 amide bonds. The Kier molecular flexibility index (Phi) is 5.86. The van der Waals surface area contributed by atoms with Crippen LogP contribution in [0.15, 0.2) is 66.7 Å². The molecular formula is C26H24N6O2. The highest BCUT2D eigenvalue weighted by atomic mass is 16.4. The molecule has 0 aliphatic carbocycles. The Bertz CT molecular complexity index is 1440. The highest BCUT2D eigenvalue weighted by molar-refractivity contribution is 5.92. The number of hydrogen-bond acceptors (Lipinski definition) is 5. The average Bonchev–Trinajstić information content (AvgIpc) is 3.51. The lowest BCUT2D eigenvalue weighted by atomic mass is 9.98. The Labute approximate surface area is 196 Å². The zero-order chi connectivity index (χ0) is 23.5. The van der Waals surface area contributed by atoms with Gasteiger partial charge in [-0.2, -0.15) is 0 Å². The van der Waals surface area contributed by atoms with Gasteiger partial charge >= 0.3 is 5.97 Å². The number of imidazole rings is 1. The summed E-state index contributed by atoms with van der Waals surface area (Å²) in [6.07, 6.45) is 2.95. The van der Waals surface area contributed by atoms with Crippen LogP contribution in [-0.2, 0) is 13.0 Å². The number of H-pyrrole nitrogens is 1. The van der Waals surface area contributed by atoms with E-state index >= 15 is 0 Å². The summed E-state index contributed by atoms with van der Waals surface area (Å²) in [5.74, 6) is 0.667. The smallest absolute Gasteiger partial charge is 0.335 e. The van der Waals surface area contributed by atoms with Gasteiger partial charge in [0.2, 0.25) is 0 Å². The second-order valence-electron chi connectivity index (χ2n) is 8.22. The summed E-state index contributed by atoms with van der Waals surface area (Å²) < 4.78 is 2.14. The molecule has 3 aromatic carbocycles. The molecule has 0 atom stereocenters. The van der Waals surface area contributed by atoms with E-state index in [1.165, 1.54) is 0 Å². The van der Waals surface area contributed by atoms with Crippen LogP contribution in [0, 0.1) is 0 Å². The molecule has 0 aliphatic rings. The molecule has 2 aromatic heterocycles. The molecule has 0 bridgehead atoms. The van der Waals surface area contributed by atoms with Crippen molar-refractivity contribution in [2.45, 2.75) is 32.7 Å². The van der Waals surface area contributed by atoms with E-state index in [4.69, 9.17) is 4.98 Å². The summed E-state index contributed by atoms with van der Waals surface area (Å²) in [5, 5.41) is 23.7. The van der Waals surface area contributed by atoms with E-state index in [0.717, 1.165) is 58.4 Å². The number of nitrogens with zero attached hydrogens (tertiary/aromatic N) is 5. The van der Waals surface area contributed by atoms with Gasteiger partial charge in [0.05, 0.1) is 16.6 Å². The Morgan fingerprint density at radius 3 is 2.53 bits per heavy atom. The van der Waals surface area contributed by atoms with Crippen molar-refractivity contribution in [3.63, 3.8) is 0 Å². The fraction of sp³-hybridized carbons (Fsp3) is 0.192. The van der Waals surface area contributed by atoms with Gasteiger partial charge in [-0.15, -0.1) is 5.10 Å². The maximum absolute atomic E-state index is 11.5. The van der Waals surface area contributed by atoms with Crippen LogP contribution in [0.1, 0.15) is 41.5 Å². The number of carboxylic acid groups (broad SMARTS) is 1. The van der Waals surface area contributed by atoms with E-state index in [1.54, 1.807) is 18.2 Å². The Balaban J connectivity index is 1.49. The number of aromatic nitrogens is 6. The number of aromatic carboxylic acids is 1. The van der Waals surface area contributed by atoms with E-state index in [0.29, 0.717) is 12.4 Å². The minimum absolute atomic E-state index is 0.268. The third-order valence-electron chi connectivity index (χ3n) is 5.96. The molecule has 8 heteroatoms. The maximum atomic E-state index is 11.5. The van der Waals surface area contributed by atoms with Crippen LogP contribution < -0.4 is 0 Å². The van der Waals surface area contributed by atoms with Gasteiger partial charge in [-0.05, 0) is 51.7 Å². The number of carboxylic acids is 1. The number of unbranched alkanes of at least 4 members (excludes halogenated alkanes) is 1. The normalized spacial score (nSPS) is 11.2. The third kappa shape index (κ3) is 4.17. The van der Waals surface area contributed by atoms with Gasteiger partial charge in [0.25, 0.3) is 0 Å². The van der Waals surface area contributed by atoms with Gasteiger partial charge in [-0.3, -0.25) is 0 Å². The van der Waals surface area contributed by atoms with Crippen molar-refractivity contribution in [1.82, 2.24) is 30.2 Å². The number of aromatic amines is 1. The van der Waals surface area contributed by atoms with Gasteiger partial charge in [0, 0.05) is 18.5 Å². The molecule has 0 unspecified atom stereocenters. The number of hydrogen-bond donors (Lipinski definition) is 2. The van der Waals surface area contributed by atoms with Crippen molar-refractivity contribution in [3.8, 4) is 22.5 Å². The topological polar surface area (TPSA) is 110 Å². The van der Waals surface area contributed by atoms with E-state index in [1.807, 2.05) is 24.3 Å². The number of rotatable bonds is 8. The highest BCUT2D eigenvalue weighted by Gasteiger charge is 2.14. The second kappa shape index (κ2) is 9.27. The third-order valence-corrected chi connectivity index (χ3v) is 5.96. The predicted molar refractivity (Wildman–Crippen MR) is 129 cm³/mol.